The molecule has 5 atom stereocenters. The van der Waals surface area contributed by atoms with E-state index in [4.69, 9.17) is 15.3 Å². The first-order valence-corrected chi connectivity index (χ1v) is 6.22. The third-order valence-electron chi connectivity index (χ3n) is 3.86. The van der Waals surface area contributed by atoms with Crippen LogP contribution in [0.25, 0.3) is 0 Å². The quantitative estimate of drug-likeness (QED) is 0.410. The standard InChI is InChI=1S/C12H26N2O2/c1-8-9(2)16-10(3)12(8)11(14-13)6-5-7-15-4/h8-12,14H,5-7,13H2,1-4H3. The molecule has 0 bridgehead atoms. The largest absolute Gasteiger partial charge is 0.385 e. The van der Waals surface area contributed by atoms with Gasteiger partial charge in [-0.05, 0) is 32.6 Å². The lowest BCUT2D eigenvalue weighted by Gasteiger charge is -2.28. The van der Waals surface area contributed by atoms with Gasteiger partial charge in [0.25, 0.3) is 0 Å². The summed E-state index contributed by atoms with van der Waals surface area (Å²) in [4.78, 5) is 0. The van der Waals surface area contributed by atoms with Crippen molar-refractivity contribution in [2.45, 2.75) is 51.9 Å². The van der Waals surface area contributed by atoms with Crippen molar-refractivity contribution in [2.24, 2.45) is 17.7 Å². The zero-order valence-electron chi connectivity index (χ0n) is 10.9. The molecule has 0 aromatic heterocycles. The van der Waals surface area contributed by atoms with Gasteiger partial charge in [0.15, 0.2) is 0 Å². The highest BCUT2D eigenvalue weighted by Crippen LogP contribution is 2.35. The Bertz CT molecular complexity index is 201. The van der Waals surface area contributed by atoms with E-state index in [0.717, 1.165) is 19.4 Å². The van der Waals surface area contributed by atoms with Crippen LogP contribution in [0.15, 0.2) is 0 Å². The molecule has 0 spiro atoms. The summed E-state index contributed by atoms with van der Waals surface area (Å²) in [6, 6.07) is 0.324. The fraction of sp³-hybridized carbons (Fsp3) is 1.00. The third kappa shape index (κ3) is 3.17. The lowest BCUT2D eigenvalue weighted by Crippen LogP contribution is -2.45. The van der Waals surface area contributed by atoms with E-state index in [1.165, 1.54) is 0 Å². The van der Waals surface area contributed by atoms with Crippen LogP contribution in [-0.2, 0) is 9.47 Å². The van der Waals surface area contributed by atoms with Gasteiger partial charge in [0, 0.05) is 25.7 Å². The second-order valence-corrected chi connectivity index (χ2v) is 4.89. The predicted octanol–water partition coefficient (Wildman–Crippen LogP) is 1.30. The summed E-state index contributed by atoms with van der Waals surface area (Å²) in [6.45, 7) is 7.33. The minimum absolute atomic E-state index is 0.286. The number of methoxy groups -OCH3 is 1. The average Bonchev–Trinajstić information content (AvgIpc) is 2.50. The molecule has 1 fully saturated rings. The van der Waals surface area contributed by atoms with Gasteiger partial charge in [-0.25, -0.2) is 0 Å². The highest BCUT2D eigenvalue weighted by molar-refractivity contribution is 4.90. The van der Waals surface area contributed by atoms with Gasteiger partial charge in [0.05, 0.1) is 12.2 Å². The van der Waals surface area contributed by atoms with Gasteiger partial charge in [0.1, 0.15) is 0 Å². The summed E-state index contributed by atoms with van der Waals surface area (Å²) < 4.78 is 10.9. The highest BCUT2D eigenvalue weighted by Gasteiger charge is 2.40. The molecule has 0 aromatic rings. The molecule has 5 unspecified atom stereocenters. The average molecular weight is 230 g/mol. The second-order valence-electron chi connectivity index (χ2n) is 4.89. The van der Waals surface area contributed by atoms with Crippen LogP contribution in [0.1, 0.15) is 33.6 Å². The third-order valence-corrected chi connectivity index (χ3v) is 3.86. The van der Waals surface area contributed by atoms with Gasteiger partial charge < -0.3 is 9.47 Å². The van der Waals surface area contributed by atoms with Gasteiger partial charge in [-0.3, -0.25) is 11.3 Å². The molecule has 3 N–H and O–H groups in total. The molecule has 0 aliphatic carbocycles. The summed E-state index contributed by atoms with van der Waals surface area (Å²) in [5.41, 5.74) is 2.95. The Morgan fingerprint density at radius 3 is 2.44 bits per heavy atom. The Kier molecular flexibility index (Phi) is 5.69. The van der Waals surface area contributed by atoms with E-state index >= 15 is 0 Å². The van der Waals surface area contributed by atoms with Crippen molar-refractivity contribution < 1.29 is 9.47 Å². The van der Waals surface area contributed by atoms with Crippen LogP contribution in [0.2, 0.25) is 0 Å². The number of hydrogen-bond acceptors (Lipinski definition) is 4. The van der Waals surface area contributed by atoms with E-state index < -0.39 is 0 Å². The number of nitrogens with one attached hydrogen (secondary N) is 1. The van der Waals surface area contributed by atoms with Crippen molar-refractivity contribution >= 4 is 0 Å². The maximum absolute atomic E-state index is 5.85. The molecular weight excluding hydrogens is 204 g/mol. The molecule has 0 radical (unpaired) electrons. The fourth-order valence-electron chi connectivity index (χ4n) is 2.82. The van der Waals surface area contributed by atoms with E-state index in [-0.39, 0.29) is 6.10 Å². The molecule has 0 aromatic carbocycles. The molecule has 1 rings (SSSR count). The van der Waals surface area contributed by atoms with E-state index in [2.05, 4.69) is 26.2 Å². The smallest absolute Gasteiger partial charge is 0.0597 e. The van der Waals surface area contributed by atoms with Gasteiger partial charge in [0.2, 0.25) is 0 Å². The van der Waals surface area contributed by atoms with Crippen LogP contribution in [0, 0.1) is 11.8 Å². The molecule has 96 valence electrons. The number of ether oxygens (including phenoxy) is 2. The first-order valence-electron chi connectivity index (χ1n) is 6.22. The van der Waals surface area contributed by atoms with Crippen molar-refractivity contribution in [2.75, 3.05) is 13.7 Å². The number of hydrazine groups is 1. The molecule has 16 heavy (non-hydrogen) atoms. The number of rotatable bonds is 6. The highest BCUT2D eigenvalue weighted by atomic mass is 16.5. The Morgan fingerprint density at radius 1 is 1.31 bits per heavy atom. The molecular formula is C12H26N2O2. The van der Waals surface area contributed by atoms with Gasteiger partial charge in [-0.1, -0.05) is 6.92 Å². The zero-order chi connectivity index (χ0) is 12.1. The number of nitrogens with two attached hydrogens (primary N) is 1. The Labute approximate surface area is 98.8 Å². The summed E-state index contributed by atoms with van der Waals surface area (Å²) in [5.74, 6) is 6.71. The lowest BCUT2D eigenvalue weighted by atomic mass is 9.82. The molecule has 1 heterocycles. The maximum Gasteiger partial charge on any atom is 0.0597 e. The molecule has 0 saturated carbocycles. The van der Waals surface area contributed by atoms with E-state index in [9.17, 15) is 0 Å². The first kappa shape index (κ1) is 13.9. The van der Waals surface area contributed by atoms with Crippen molar-refractivity contribution in [1.29, 1.82) is 0 Å². The lowest BCUT2D eigenvalue weighted by molar-refractivity contribution is 0.0467. The Morgan fingerprint density at radius 2 is 2.00 bits per heavy atom. The van der Waals surface area contributed by atoms with Gasteiger partial charge >= 0.3 is 0 Å². The molecule has 1 saturated heterocycles. The SMILES string of the molecule is COCCCC(NN)C1C(C)OC(C)C1C. The van der Waals surface area contributed by atoms with Crippen LogP contribution >= 0.6 is 0 Å². The second kappa shape index (κ2) is 6.55. The monoisotopic (exact) mass is 230 g/mol. The van der Waals surface area contributed by atoms with Gasteiger partial charge in [-0.2, -0.15) is 0 Å². The molecule has 4 nitrogen and oxygen atoms in total. The minimum atomic E-state index is 0.286. The normalized spacial score (nSPS) is 36.6. The molecule has 4 heteroatoms. The molecule has 1 aliphatic rings. The Balaban J connectivity index is 2.51. The minimum Gasteiger partial charge on any atom is -0.385 e. The van der Waals surface area contributed by atoms with E-state index in [1.54, 1.807) is 7.11 Å². The summed E-state index contributed by atoms with van der Waals surface area (Å²) in [5, 5.41) is 0. The van der Waals surface area contributed by atoms with Crippen LogP contribution in [0.3, 0.4) is 0 Å². The van der Waals surface area contributed by atoms with E-state index in [1.807, 2.05) is 0 Å². The van der Waals surface area contributed by atoms with Gasteiger partial charge in [-0.15, -0.1) is 0 Å². The Hall–Kier alpha value is -0.160. The first-order chi connectivity index (χ1) is 7.61. The van der Waals surface area contributed by atoms with Crippen molar-refractivity contribution in [1.82, 2.24) is 5.43 Å². The van der Waals surface area contributed by atoms with Crippen molar-refractivity contribution in [3.05, 3.63) is 0 Å². The van der Waals surface area contributed by atoms with Crippen LogP contribution in [0.5, 0.6) is 0 Å². The van der Waals surface area contributed by atoms with Crippen LogP contribution in [-0.4, -0.2) is 32.0 Å². The van der Waals surface area contributed by atoms with Crippen LogP contribution < -0.4 is 11.3 Å². The summed E-state index contributed by atoms with van der Waals surface area (Å²) in [7, 11) is 1.73. The molecule has 0 amide bonds. The van der Waals surface area contributed by atoms with E-state index in [0.29, 0.717) is 24.0 Å². The summed E-state index contributed by atoms with van der Waals surface area (Å²) >= 11 is 0. The van der Waals surface area contributed by atoms with Crippen molar-refractivity contribution in [3.8, 4) is 0 Å². The zero-order valence-corrected chi connectivity index (χ0v) is 10.9. The number of hydrogen-bond donors (Lipinski definition) is 2. The topological polar surface area (TPSA) is 56.5 Å². The predicted molar refractivity (Wildman–Crippen MR) is 64.9 cm³/mol. The summed E-state index contributed by atoms with van der Waals surface area (Å²) in [6.07, 6.45) is 2.70. The fourth-order valence-corrected chi connectivity index (χ4v) is 2.82. The molecule has 1 aliphatic heterocycles. The maximum atomic E-state index is 5.85. The van der Waals surface area contributed by atoms with Crippen molar-refractivity contribution in [3.63, 3.8) is 0 Å². The van der Waals surface area contributed by atoms with Crippen LogP contribution in [0.4, 0.5) is 0 Å².